The topological polar surface area (TPSA) is 127 Å². The molecule has 1 aromatic carbocycles. The molecule has 0 radical (unpaired) electrons. The minimum absolute atomic E-state index is 0.0416. The first-order chi connectivity index (χ1) is 16.8. The van der Waals surface area contributed by atoms with Gasteiger partial charge in [-0.3, -0.25) is 14.4 Å². The van der Waals surface area contributed by atoms with Crippen molar-refractivity contribution >= 4 is 35.5 Å². The highest BCUT2D eigenvalue weighted by Crippen LogP contribution is 2.32. The third kappa shape index (κ3) is 6.24. The van der Waals surface area contributed by atoms with Crippen molar-refractivity contribution in [2.75, 3.05) is 32.7 Å². The van der Waals surface area contributed by atoms with E-state index in [9.17, 15) is 19.2 Å². The smallest absolute Gasteiger partial charge is 0.340 e. The molecule has 0 saturated carbocycles. The molecular weight excluding hydrogens is 454 g/mol. The second-order valence-corrected chi connectivity index (χ2v) is 7.62. The number of methoxy groups -OCH3 is 2. The molecule has 3 amide bonds. The minimum Gasteiger partial charge on any atom is -0.465 e. The average molecular weight is 482 g/mol. The van der Waals surface area contributed by atoms with Crippen LogP contribution in [-0.2, 0) is 35.2 Å². The van der Waals surface area contributed by atoms with Crippen LogP contribution in [0.25, 0.3) is 6.08 Å². The van der Waals surface area contributed by atoms with Gasteiger partial charge in [0.25, 0.3) is 5.91 Å². The molecule has 10 heteroatoms. The lowest BCUT2D eigenvalue weighted by Gasteiger charge is -2.17. The summed E-state index contributed by atoms with van der Waals surface area (Å²) in [6, 6.07) is 11.8. The van der Waals surface area contributed by atoms with Gasteiger partial charge in [0, 0.05) is 31.6 Å². The number of nitrogens with zero attached hydrogens (tertiary/aromatic N) is 1. The van der Waals surface area contributed by atoms with Crippen LogP contribution in [0.4, 0.5) is 5.69 Å². The molecule has 184 valence electrons. The fourth-order valence-corrected chi connectivity index (χ4v) is 3.53. The van der Waals surface area contributed by atoms with E-state index in [0.29, 0.717) is 42.5 Å². The summed E-state index contributed by atoms with van der Waals surface area (Å²) in [4.78, 5) is 51.0. The Hall–Kier alpha value is -4.18. The maximum absolute atomic E-state index is 13.0. The molecule has 2 aromatic rings. The molecule has 1 aromatic heterocycles. The number of hydrogen-bond donors (Lipinski definition) is 2. The van der Waals surface area contributed by atoms with E-state index in [0.717, 1.165) is 0 Å². The van der Waals surface area contributed by atoms with Gasteiger partial charge in [-0.2, -0.15) is 0 Å². The van der Waals surface area contributed by atoms with Crippen molar-refractivity contribution in [3.8, 4) is 0 Å². The number of carbonyl (C=O) groups is 4. The molecule has 0 bridgehead atoms. The zero-order valence-corrected chi connectivity index (χ0v) is 19.8. The van der Waals surface area contributed by atoms with Crippen LogP contribution in [0.15, 0.2) is 63.7 Å². The van der Waals surface area contributed by atoms with Crippen molar-refractivity contribution in [3.05, 3.63) is 70.8 Å². The predicted molar refractivity (Wildman–Crippen MR) is 127 cm³/mol. The predicted octanol–water partition coefficient (Wildman–Crippen LogP) is 2.24. The first-order valence-corrected chi connectivity index (χ1v) is 10.9. The standard InChI is InChI=1S/C25H27N3O7/c1-16-21(25(32)34-3)20(24(31)28(16)12-7-13-33-2)14-18-10-11-19(35-18)15-26-22(29)23(30)27-17-8-5-4-6-9-17/h4-6,8-11,14H,7,12-13,15H2,1-3H3,(H,26,29)(H,27,30)/b20-14+. The molecule has 0 aliphatic carbocycles. The number of esters is 1. The highest BCUT2D eigenvalue weighted by molar-refractivity contribution is 6.39. The van der Waals surface area contributed by atoms with Crippen LogP contribution >= 0.6 is 0 Å². The number of hydrogen-bond acceptors (Lipinski definition) is 7. The number of amides is 3. The van der Waals surface area contributed by atoms with Crippen molar-refractivity contribution in [1.82, 2.24) is 10.2 Å². The van der Waals surface area contributed by atoms with Gasteiger partial charge >= 0.3 is 17.8 Å². The highest BCUT2D eigenvalue weighted by atomic mass is 16.5. The van der Waals surface area contributed by atoms with Crippen molar-refractivity contribution in [3.63, 3.8) is 0 Å². The number of allylic oxidation sites excluding steroid dienone is 1. The Balaban J connectivity index is 1.68. The quantitative estimate of drug-likeness (QED) is 0.243. The van der Waals surface area contributed by atoms with Crippen LogP contribution in [0.1, 0.15) is 24.9 Å². The van der Waals surface area contributed by atoms with Gasteiger partial charge in [-0.05, 0) is 43.7 Å². The van der Waals surface area contributed by atoms with Gasteiger partial charge in [-0.15, -0.1) is 0 Å². The summed E-state index contributed by atoms with van der Waals surface area (Å²) in [5.74, 6) is -1.93. The molecule has 10 nitrogen and oxygen atoms in total. The molecule has 0 spiro atoms. The summed E-state index contributed by atoms with van der Waals surface area (Å²) in [5.41, 5.74) is 1.31. The molecule has 1 aliphatic heterocycles. The number of anilines is 1. The first-order valence-electron chi connectivity index (χ1n) is 10.9. The number of para-hydroxylation sites is 1. The molecule has 1 aliphatic rings. The normalized spacial score (nSPS) is 14.4. The third-order valence-electron chi connectivity index (χ3n) is 5.26. The van der Waals surface area contributed by atoms with E-state index in [1.165, 1.54) is 18.1 Å². The average Bonchev–Trinajstić information content (AvgIpc) is 3.40. The van der Waals surface area contributed by atoms with E-state index < -0.39 is 17.8 Å². The number of benzene rings is 1. The van der Waals surface area contributed by atoms with Crippen molar-refractivity contribution in [1.29, 1.82) is 0 Å². The molecule has 3 rings (SSSR count). The van der Waals surface area contributed by atoms with E-state index in [1.807, 2.05) is 0 Å². The van der Waals surface area contributed by atoms with Crippen LogP contribution in [0, 0.1) is 0 Å². The lowest BCUT2D eigenvalue weighted by Crippen LogP contribution is -2.34. The second-order valence-electron chi connectivity index (χ2n) is 7.62. The van der Waals surface area contributed by atoms with Gasteiger partial charge < -0.3 is 29.4 Å². The van der Waals surface area contributed by atoms with E-state index in [2.05, 4.69) is 10.6 Å². The van der Waals surface area contributed by atoms with Gasteiger partial charge in [0.15, 0.2) is 0 Å². The highest BCUT2D eigenvalue weighted by Gasteiger charge is 2.36. The largest absolute Gasteiger partial charge is 0.465 e. The molecule has 2 heterocycles. The summed E-state index contributed by atoms with van der Waals surface area (Å²) in [6.07, 6.45) is 2.06. The zero-order chi connectivity index (χ0) is 25.4. The SMILES string of the molecule is COCCCN1C(=O)/C(=C/c2ccc(CNC(=O)C(=O)Nc3ccccc3)o2)C(C(=O)OC)=C1C. The van der Waals surface area contributed by atoms with Crippen LogP contribution in [0.3, 0.4) is 0 Å². The summed E-state index contributed by atoms with van der Waals surface area (Å²) in [6.45, 7) is 2.50. The maximum atomic E-state index is 13.0. The van der Waals surface area contributed by atoms with Gasteiger partial charge in [-0.1, -0.05) is 18.2 Å². The molecule has 0 fully saturated rings. The molecule has 35 heavy (non-hydrogen) atoms. The second kappa shape index (κ2) is 11.8. The van der Waals surface area contributed by atoms with Gasteiger partial charge in [0.05, 0.1) is 24.8 Å². The number of nitrogens with one attached hydrogen (secondary N) is 2. The van der Waals surface area contributed by atoms with Crippen LogP contribution in [-0.4, -0.2) is 56.0 Å². The number of carbonyl (C=O) groups excluding carboxylic acids is 4. The van der Waals surface area contributed by atoms with Crippen molar-refractivity contribution < 1.29 is 33.1 Å². The summed E-state index contributed by atoms with van der Waals surface area (Å²) >= 11 is 0. The number of ether oxygens (including phenoxy) is 2. The Bertz CT molecular complexity index is 1160. The van der Waals surface area contributed by atoms with E-state index in [4.69, 9.17) is 13.9 Å². The van der Waals surface area contributed by atoms with E-state index in [-0.39, 0.29) is 23.6 Å². The fourth-order valence-electron chi connectivity index (χ4n) is 3.53. The third-order valence-corrected chi connectivity index (χ3v) is 5.26. The molecule has 0 atom stereocenters. The lowest BCUT2D eigenvalue weighted by atomic mass is 10.1. The van der Waals surface area contributed by atoms with Crippen LogP contribution < -0.4 is 10.6 Å². The Kier molecular flexibility index (Phi) is 8.58. The van der Waals surface area contributed by atoms with Crippen molar-refractivity contribution in [2.45, 2.75) is 19.9 Å². The Labute approximate surface area is 202 Å². The number of furan rings is 1. The molecule has 0 unspecified atom stereocenters. The van der Waals surface area contributed by atoms with Crippen molar-refractivity contribution in [2.24, 2.45) is 0 Å². The van der Waals surface area contributed by atoms with Gasteiger partial charge in [0.1, 0.15) is 11.5 Å². The Morgan fingerprint density at radius 3 is 2.49 bits per heavy atom. The Morgan fingerprint density at radius 1 is 1.06 bits per heavy atom. The van der Waals surface area contributed by atoms with Gasteiger partial charge in [0.2, 0.25) is 0 Å². The summed E-state index contributed by atoms with van der Waals surface area (Å²) in [5, 5.41) is 4.97. The summed E-state index contributed by atoms with van der Waals surface area (Å²) < 4.78 is 15.6. The molecule has 2 N–H and O–H groups in total. The van der Waals surface area contributed by atoms with E-state index in [1.54, 1.807) is 56.5 Å². The van der Waals surface area contributed by atoms with Crippen LogP contribution in [0.2, 0.25) is 0 Å². The zero-order valence-electron chi connectivity index (χ0n) is 19.8. The van der Waals surface area contributed by atoms with E-state index >= 15 is 0 Å². The van der Waals surface area contributed by atoms with Gasteiger partial charge in [-0.25, -0.2) is 4.79 Å². The Morgan fingerprint density at radius 2 is 1.80 bits per heavy atom. The van der Waals surface area contributed by atoms with Crippen LogP contribution in [0.5, 0.6) is 0 Å². The maximum Gasteiger partial charge on any atom is 0.340 e. The summed E-state index contributed by atoms with van der Waals surface area (Å²) in [7, 11) is 2.83. The monoisotopic (exact) mass is 481 g/mol. The first kappa shape index (κ1) is 25.4. The number of rotatable bonds is 9. The molecule has 0 saturated heterocycles. The molecular formula is C25H27N3O7. The minimum atomic E-state index is -0.825. The fraction of sp³-hybridized carbons (Fsp3) is 0.280. The lowest BCUT2D eigenvalue weighted by molar-refractivity contribution is -0.136.